The first kappa shape index (κ1) is 13.1. The molecule has 2 rings (SSSR count). The number of benzene rings is 1. The fraction of sp³-hybridized carbons (Fsp3) is 0.562. The summed E-state index contributed by atoms with van der Waals surface area (Å²) in [5, 5.41) is 0. The van der Waals surface area contributed by atoms with Crippen molar-refractivity contribution < 1.29 is 9.53 Å². The summed E-state index contributed by atoms with van der Waals surface area (Å²) < 4.78 is 5.80. The molecule has 0 spiro atoms. The monoisotopic (exact) mass is 246 g/mol. The molecule has 0 radical (unpaired) electrons. The number of aryl methyl sites for hydroxylation is 1. The minimum Gasteiger partial charge on any atom is -0.493 e. The van der Waals surface area contributed by atoms with Gasteiger partial charge in [0.1, 0.15) is 11.5 Å². The Balaban J connectivity index is 1.95. The third kappa shape index (κ3) is 3.12. The standard InChI is InChI=1S/C16H22O2/c1-12(2)15(17)10-11-18-16-9-5-7-13-6-3-4-8-14(13)16/h5,7,9,12H,3-4,6,8,10-11H2,1-2H3. The van der Waals surface area contributed by atoms with Crippen molar-refractivity contribution in [3.8, 4) is 5.75 Å². The van der Waals surface area contributed by atoms with Gasteiger partial charge in [0.05, 0.1) is 6.61 Å². The van der Waals surface area contributed by atoms with Crippen molar-refractivity contribution in [3.05, 3.63) is 29.3 Å². The van der Waals surface area contributed by atoms with Crippen LogP contribution in [0.4, 0.5) is 0 Å². The first-order chi connectivity index (χ1) is 8.68. The number of hydrogen-bond acceptors (Lipinski definition) is 2. The lowest BCUT2D eigenvalue weighted by Gasteiger charge is -2.19. The van der Waals surface area contributed by atoms with Gasteiger partial charge in [-0.05, 0) is 42.9 Å². The fourth-order valence-electron chi connectivity index (χ4n) is 2.43. The van der Waals surface area contributed by atoms with Gasteiger partial charge in [0, 0.05) is 12.3 Å². The van der Waals surface area contributed by atoms with Crippen LogP contribution in [0.2, 0.25) is 0 Å². The van der Waals surface area contributed by atoms with Gasteiger partial charge in [-0.2, -0.15) is 0 Å². The molecule has 2 nitrogen and oxygen atoms in total. The fourth-order valence-corrected chi connectivity index (χ4v) is 2.43. The number of ether oxygens (including phenoxy) is 1. The van der Waals surface area contributed by atoms with Crippen molar-refractivity contribution in [2.75, 3.05) is 6.61 Å². The summed E-state index contributed by atoms with van der Waals surface area (Å²) in [7, 11) is 0. The van der Waals surface area contributed by atoms with E-state index in [1.807, 2.05) is 19.9 Å². The summed E-state index contributed by atoms with van der Waals surface area (Å²) in [6.45, 7) is 4.38. The molecule has 98 valence electrons. The smallest absolute Gasteiger partial charge is 0.138 e. The van der Waals surface area contributed by atoms with Crippen LogP contribution in [0.3, 0.4) is 0 Å². The van der Waals surface area contributed by atoms with Crippen molar-refractivity contribution in [2.24, 2.45) is 5.92 Å². The van der Waals surface area contributed by atoms with Crippen molar-refractivity contribution in [3.63, 3.8) is 0 Å². The largest absolute Gasteiger partial charge is 0.493 e. The summed E-state index contributed by atoms with van der Waals surface area (Å²) in [6.07, 6.45) is 5.32. The molecule has 0 saturated heterocycles. The maximum atomic E-state index is 11.5. The van der Waals surface area contributed by atoms with Crippen molar-refractivity contribution in [1.29, 1.82) is 0 Å². The van der Waals surface area contributed by atoms with Gasteiger partial charge in [0.25, 0.3) is 0 Å². The van der Waals surface area contributed by atoms with E-state index in [2.05, 4.69) is 12.1 Å². The van der Waals surface area contributed by atoms with E-state index in [0.717, 1.165) is 18.6 Å². The molecule has 1 aliphatic rings. The molecule has 0 aliphatic heterocycles. The second-order valence-electron chi connectivity index (χ2n) is 5.32. The lowest BCUT2D eigenvalue weighted by molar-refractivity contribution is -0.122. The first-order valence-corrected chi connectivity index (χ1v) is 6.94. The maximum Gasteiger partial charge on any atom is 0.138 e. The van der Waals surface area contributed by atoms with E-state index in [1.54, 1.807) is 0 Å². The van der Waals surface area contributed by atoms with E-state index in [0.29, 0.717) is 13.0 Å². The Morgan fingerprint density at radius 2 is 2.06 bits per heavy atom. The first-order valence-electron chi connectivity index (χ1n) is 6.94. The quantitative estimate of drug-likeness (QED) is 0.794. The molecule has 0 atom stereocenters. The normalized spacial score (nSPS) is 14.4. The van der Waals surface area contributed by atoms with E-state index >= 15 is 0 Å². The Labute approximate surface area is 109 Å². The number of Topliss-reactive ketones (excluding diaryl/α,β-unsaturated/α-hetero) is 1. The molecule has 0 saturated carbocycles. The van der Waals surface area contributed by atoms with Gasteiger partial charge >= 0.3 is 0 Å². The lowest BCUT2D eigenvalue weighted by atomic mass is 9.91. The molecule has 2 heteroatoms. The van der Waals surface area contributed by atoms with E-state index in [-0.39, 0.29) is 11.7 Å². The van der Waals surface area contributed by atoms with Gasteiger partial charge in [-0.25, -0.2) is 0 Å². The Hall–Kier alpha value is -1.31. The van der Waals surface area contributed by atoms with Crippen LogP contribution in [-0.2, 0) is 17.6 Å². The summed E-state index contributed by atoms with van der Waals surface area (Å²) in [5.74, 6) is 1.38. The average Bonchev–Trinajstić information content (AvgIpc) is 2.38. The highest BCUT2D eigenvalue weighted by molar-refractivity contribution is 5.80. The highest BCUT2D eigenvalue weighted by Crippen LogP contribution is 2.29. The topological polar surface area (TPSA) is 26.3 Å². The Morgan fingerprint density at radius 3 is 2.83 bits per heavy atom. The molecular weight excluding hydrogens is 224 g/mol. The lowest BCUT2D eigenvalue weighted by Crippen LogP contribution is -2.13. The third-order valence-electron chi connectivity index (χ3n) is 3.60. The zero-order valence-corrected chi connectivity index (χ0v) is 11.4. The van der Waals surface area contributed by atoms with Crippen LogP contribution < -0.4 is 4.74 Å². The Kier molecular flexibility index (Phi) is 4.40. The summed E-state index contributed by atoms with van der Waals surface area (Å²) in [4.78, 5) is 11.5. The van der Waals surface area contributed by atoms with Gasteiger partial charge in [0.15, 0.2) is 0 Å². The SMILES string of the molecule is CC(C)C(=O)CCOc1cccc2c1CCCC2. The highest BCUT2D eigenvalue weighted by Gasteiger charge is 2.14. The van der Waals surface area contributed by atoms with E-state index < -0.39 is 0 Å². The number of ketones is 1. The molecular formula is C16H22O2. The summed E-state index contributed by atoms with van der Waals surface area (Å²) in [5.41, 5.74) is 2.79. The summed E-state index contributed by atoms with van der Waals surface area (Å²) in [6, 6.07) is 6.29. The second kappa shape index (κ2) is 6.03. The molecule has 0 N–H and O–H groups in total. The maximum absolute atomic E-state index is 11.5. The third-order valence-corrected chi connectivity index (χ3v) is 3.60. The predicted molar refractivity (Wildman–Crippen MR) is 73.0 cm³/mol. The van der Waals surface area contributed by atoms with Crippen LogP contribution in [0.5, 0.6) is 5.75 Å². The van der Waals surface area contributed by atoms with Crippen LogP contribution in [0.25, 0.3) is 0 Å². The number of fused-ring (bicyclic) bond motifs is 1. The van der Waals surface area contributed by atoms with Gasteiger partial charge in [-0.1, -0.05) is 26.0 Å². The van der Waals surface area contributed by atoms with Gasteiger partial charge in [0.2, 0.25) is 0 Å². The molecule has 0 unspecified atom stereocenters. The van der Waals surface area contributed by atoms with Gasteiger partial charge in [-0.15, -0.1) is 0 Å². The number of carbonyl (C=O) groups is 1. The minimum atomic E-state index is 0.110. The summed E-state index contributed by atoms with van der Waals surface area (Å²) >= 11 is 0. The van der Waals surface area contributed by atoms with Crippen LogP contribution >= 0.6 is 0 Å². The highest BCUT2D eigenvalue weighted by atomic mass is 16.5. The molecule has 0 amide bonds. The number of rotatable bonds is 5. The van der Waals surface area contributed by atoms with Crippen molar-refractivity contribution in [1.82, 2.24) is 0 Å². The molecule has 1 aromatic carbocycles. The number of carbonyl (C=O) groups excluding carboxylic acids is 1. The van der Waals surface area contributed by atoms with Crippen LogP contribution in [0.15, 0.2) is 18.2 Å². The van der Waals surface area contributed by atoms with E-state index in [4.69, 9.17) is 4.74 Å². The Bertz CT molecular complexity index is 421. The van der Waals surface area contributed by atoms with Gasteiger partial charge in [-0.3, -0.25) is 4.79 Å². The average molecular weight is 246 g/mol. The molecule has 1 aliphatic carbocycles. The van der Waals surface area contributed by atoms with Crippen molar-refractivity contribution in [2.45, 2.75) is 46.0 Å². The molecule has 1 aromatic rings. The van der Waals surface area contributed by atoms with E-state index in [1.165, 1.54) is 24.0 Å². The van der Waals surface area contributed by atoms with Crippen LogP contribution in [-0.4, -0.2) is 12.4 Å². The minimum absolute atomic E-state index is 0.110. The Morgan fingerprint density at radius 1 is 1.28 bits per heavy atom. The second-order valence-corrected chi connectivity index (χ2v) is 5.32. The molecule has 18 heavy (non-hydrogen) atoms. The molecule has 0 bridgehead atoms. The van der Waals surface area contributed by atoms with Crippen LogP contribution in [0.1, 0.15) is 44.2 Å². The molecule has 0 heterocycles. The molecule has 0 aromatic heterocycles. The zero-order chi connectivity index (χ0) is 13.0. The van der Waals surface area contributed by atoms with E-state index in [9.17, 15) is 4.79 Å². The van der Waals surface area contributed by atoms with Gasteiger partial charge < -0.3 is 4.74 Å². The zero-order valence-electron chi connectivity index (χ0n) is 11.4. The van der Waals surface area contributed by atoms with Crippen molar-refractivity contribution >= 4 is 5.78 Å². The van der Waals surface area contributed by atoms with Crippen LogP contribution in [0, 0.1) is 5.92 Å². The predicted octanol–water partition coefficient (Wildman–Crippen LogP) is 3.56. The number of hydrogen-bond donors (Lipinski definition) is 0. The molecule has 0 fully saturated rings.